The number of pyridine rings is 1. The van der Waals surface area contributed by atoms with Gasteiger partial charge in [-0.1, -0.05) is 66.7 Å². The molecule has 2 atom stereocenters. The molecular weight excluding hydrogens is 316 g/mol. The number of rotatable bonds is 3. The normalized spacial score (nSPS) is 19.8. The Kier molecular flexibility index (Phi) is 4.68. The number of hydrogen-bond donors (Lipinski definition) is 1. The highest BCUT2D eigenvalue weighted by atomic mass is 15.0. The molecule has 1 aliphatic rings. The summed E-state index contributed by atoms with van der Waals surface area (Å²) in [7, 11) is 0. The second kappa shape index (κ2) is 7.27. The molecule has 2 aromatic carbocycles. The van der Waals surface area contributed by atoms with Gasteiger partial charge in [0.15, 0.2) is 0 Å². The Hall–Kier alpha value is -2.71. The van der Waals surface area contributed by atoms with Crippen LogP contribution < -0.4 is 5.32 Å². The Morgan fingerprint density at radius 2 is 1.58 bits per heavy atom. The van der Waals surface area contributed by atoms with Crippen molar-refractivity contribution in [1.82, 2.24) is 4.98 Å². The molecule has 0 bridgehead atoms. The van der Waals surface area contributed by atoms with E-state index in [-0.39, 0.29) is 0 Å². The molecule has 0 fully saturated rings. The Morgan fingerprint density at radius 3 is 2.27 bits per heavy atom. The summed E-state index contributed by atoms with van der Waals surface area (Å²) in [6, 6.07) is 24.3. The number of nitrogens with two attached hydrogens (primary N) is 1. The minimum Gasteiger partial charge on any atom is -0.330 e. The largest absolute Gasteiger partial charge is 0.330 e. The Morgan fingerprint density at radius 1 is 0.885 bits per heavy atom. The molecule has 1 aliphatic heterocycles. The number of quaternary nitrogens is 1. The zero-order valence-corrected chi connectivity index (χ0v) is 15.4. The number of aromatic nitrogens is 1. The van der Waals surface area contributed by atoms with Crippen LogP contribution in [0.5, 0.6) is 0 Å². The van der Waals surface area contributed by atoms with Gasteiger partial charge >= 0.3 is 0 Å². The van der Waals surface area contributed by atoms with Gasteiger partial charge in [0.25, 0.3) is 0 Å². The lowest BCUT2D eigenvalue weighted by atomic mass is 9.90. The van der Waals surface area contributed by atoms with Crippen LogP contribution in [0.1, 0.15) is 42.1 Å². The maximum atomic E-state index is 4.80. The van der Waals surface area contributed by atoms with Crippen LogP contribution in [0.3, 0.4) is 0 Å². The summed E-state index contributed by atoms with van der Waals surface area (Å²) in [5.74, 6) is 0. The maximum absolute atomic E-state index is 4.80. The fourth-order valence-electron chi connectivity index (χ4n) is 3.88. The first-order chi connectivity index (χ1) is 12.7. The lowest BCUT2D eigenvalue weighted by Crippen LogP contribution is -2.87. The van der Waals surface area contributed by atoms with Crippen LogP contribution >= 0.6 is 0 Å². The summed E-state index contributed by atoms with van der Waals surface area (Å²) in [6.45, 7) is 4.41. The SMILES string of the molecule is CC1=CC[C@H](c2cnc(-c3ccccc3)c(C)c2)[NH2+][C@H]1c1ccccc1. The molecule has 4 rings (SSSR count). The molecule has 1 aromatic heterocycles. The van der Waals surface area contributed by atoms with Crippen molar-refractivity contribution < 1.29 is 5.32 Å². The molecule has 0 radical (unpaired) electrons. The second-order valence-electron chi connectivity index (χ2n) is 7.17. The average Bonchev–Trinajstić information content (AvgIpc) is 2.69. The molecule has 0 aliphatic carbocycles. The second-order valence-corrected chi connectivity index (χ2v) is 7.17. The summed E-state index contributed by atoms with van der Waals surface area (Å²) in [6.07, 6.45) is 5.51. The Balaban J connectivity index is 1.61. The van der Waals surface area contributed by atoms with Gasteiger partial charge in [0, 0.05) is 29.3 Å². The molecule has 0 spiro atoms. The lowest BCUT2D eigenvalue weighted by molar-refractivity contribution is -0.729. The Labute approximate surface area is 155 Å². The van der Waals surface area contributed by atoms with Gasteiger partial charge in [0.2, 0.25) is 0 Å². The van der Waals surface area contributed by atoms with Gasteiger partial charge in [-0.25, -0.2) is 0 Å². The van der Waals surface area contributed by atoms with Crippen molar-refractivity contribution in [3.8, 4) is 11.3 Å². The summed E-state index contributed by atoms with van der Waals surface area (Å²) < 4.78 is 0. The first kappa shape index (κ1) is 16.7. The summed E-state index contributed by atoms with van der Waals surface area (Å²) in [5.41, 5.74) is 7.63. The maximum Gasteiger partial charge on any atom is 0.133 e. The third kappa shape index (κ3) is 3.33. The predicted molar refractivity (Wildman–Crippen MR) is 107 cm³/mol. The monoisotopic (exact) mass is 341 g/mol. The third-order valence-electron chi connectivity index (χ3n) is 5.34. The molecule has 26 heavy (non-hydrogen) atoms. The van der Waals surface area contributed by atoms with Gasteiger partial charge in [0.1, 0.15) is 12.1 Å². The zero-order chi connectivity index (χ0) is 17.9. The first-order valence-electron chi connectivity index (χ1n) is 9.31. The van der Waals surface area contributed by atoms with Crippen molar-refractivity contribution in [3.05, 3.63) is 101 Å². The van der Waals surface area contributed by atoms with Crippen molar-refractivity contribution >= 4 is 0 Å². The van der Waals surface area contributed by atoms with Crippen molar-refractivity contribution in [2.75, 3.05) is 0 Å². The number of benzene rings is 2. The predicted octanol–water partition coefficient (Wildman–Crippen LogP) is 4.75. The fraction of sp³-hybridized carbons (Fsp3) is 0.208. The highest BCUT2D eigenvalue weighted by Gasteiger charge is 2.28. The van der Waals surface area contributed by atoms with E-state index < -0.39 is 0 Å². The molecule has 3 aromatic rings. The van der Waals surface area contributed by atoms with Gasteiger partial charge in [-0.15, -0.1) is 0 Å². The van der Waals surface area contributed by atoms with Crippen LogP contribution in [0.2, 0.25) is 0 Å². The topological polar surface area (TPSA) is 29.5 Å². The van der Waals surface area contributed by atoms with E-state index in [4.69, 9.17) is 4.98 Å². The molecule has 130 valence electrons. The quantitative estimate of drug-likeness (QED) is 0.684. The van der Waals surface area contributed by atoms with E-state index in [9.17, 15) is 0 Å². The summed E-state index contributed by atoms with van der Waals surface area (Å²) in [5, 5.41) is 2.49. The van der Waals surface area contributed by atoms with Crippen LogP contribution in [0, 0.1) is 6.92 Å². The number of nitrogens with zero attached hydrogens (tertiary/aromatic N) is 1. The van der Waals surface area contributed by atoms with E-state index in [1.54, 1.807) is 0 Å². The van der Waals surface area contributed by atoms with E-state index in [0.717, 1.165) is 12.1 Å². The van der Waals surface area contributed by atoms with Crippen molar-refractivity contribution in [2.24, 2.45) is 0 Å². The molecular formula is C24H25N2+. The van der Waals surface area contributed by atoms with Crippen LogP contribution in [0.4, 0.5) is 0 Å². The van der Waals surface area contributed by atoms with Crippen LogP contribution in [0.15, 0.2) is 84.6 Å². The molecule has 2 N–H and O–H groups in total. The van der Waals surface area contributed by atoms with Crippen molar-refractivity contribution in [2.45, 2.75) is 32.4 Å². The third-order valence-corrected chi connectivity index (χ3v) is 5.34. The van der Waals surface area contributed by atoms with Gasteiger partial charge < -0.3 is 5.32 Å². The lowest BCUT2D eigenvalue weighted by Gasteiger charge is -2.28. The highest BCUT2D eigenvalue weighted by molar-refractivity contribution is 5.62. The minimum atomic E-state index is 0.393. The molecule has 2 nitrogen and oxygen atoms in total. The van der Waals surface area contributed by atoms with E-state index in [1.807, 2.05) is 6.07 Å². The van der Waals surface area contributed by atoms with Crippen LogP contribution in [-0.2, 0) is 0 Å². The van der Waals surface area contributed by atoms with Gasteiger partial charge in [-0.3, -0.25) is 4.98 Å². The molecule has 0 unspecified atom stereocenters. The number of hydrogen-bond acceptors (Lipinski definition) is 1. The van der Waals surface area contributed by atoms with Crippen LogP contribution in [-0.4, -0.2) is 4.98 Å². The van der Waals surface area contributed by atoms with E-state index in [0.29, 0.717) is 12.1 Å². The van der Waals surface area contributed by atoms with Gasteiger partial charge in [-0.05, 0) is 31.1 Å². The van der Waals surface area contributed by atoms with Gasteiger partial charge in [-0.2, -0.15) is 0 Å². The molecule has 0 saturated carbocycles. The highest BCUT2D eigenvalue weighted by Crippen LogP contribution is 2.28. The molecule has 2 heteroatoms. The standard InChI is InChI=1S/C24H24N2/c1-17-13-14-22(26-24(17)20-11-7-4-8-12-20)21-15-18(2)23(25-16-21)19-9-5-3-6-10-19/h3-13,15-16,22,24,26H,14H2,1-2H3/p+1/t22-,24-/m1/s1. The van der Waals surface area contributed by atoms with Crippen molar-refractivity contribution in [1.29, 1.82) is 0 Å². The van der Waals surface area contributed by atoms with Gasteiger partial charge in [0.05, 0.1) is 5.69 Å². The smallest absolute Gasteiger partial charge is 0.133 e. The van der Waals surface area contributed by atoms with E-state index in [2.05, 4.69) is 92.1 Å². The minimum absolute atomic E-state index is 0.393. The fourth-order valence-corrected chi connectivity index (χ4v) is 3.88. The number of aryl methyl sites for hydroxylation is 1. The van der Waals surface area contributed by atoms with Crippen LogP contribution in [0.25, 0.3) is 11.3 Å². The van der Waals surface area contributed by atoms with E-state index in [1.165, 1.54) is 27.8 Å². The zero-order valence-electron chi connectivity index (χ0n) is 15.4. The van der Waals surface area contributed by atoms with E-state index >= 15 is 0 Å². The molecule has 2 heterocycles. The van der Waals surface area contributed by atoms with Crippen molar-refractivity contribution in [3.63, 3.8) is 0 Å². The average molecular weight is 341 g/mol. The summed E-state index contributed by atoms with van der Waals surface area (Å²) in [4.78, 5) is 4.80. The Bertz CT molecular complexity index is 913. The summed E-state index contributed by atoms with van der Waals surface area (Å²) >= 11 is 0. The molecule has 0 saturated heterocycles. The first-order valence-corrected chi connectivity index (χ1v) is 9.31. The molecule has 0 amide bonds.